The number of pyridine rings is 1. The van der Waals surface area contributed by atoms with E-state index in [2.05, 4.69) is 20.6 Å². The van der Waals surface area contributed by atoms with E-state index in [1.807, 2.05) is 48.1 Å². The van der Waals surface area contributed by atoms with E-state index < -0.39 is 0 Å². The Bertz CT molecular complexity index is 1130. The molecular weight excluding hydrogens is 370 g/mol. The Labute approximate surface area is 167 Å². The summed E-state index contributed by atoms with van der Waals surface area (Å²) in [7, 11) is 1.60. The first-order chi connectivity index (χ1) is 14.2. The zero-order valence-corrected chi connectivity index (χ0v) is 16.3. The molecule has 8 heteroatoms. The van der Waals surface area contributed by atoms with Gasteiger partial charge in [-0.2, -0.15) is 5.10 Å². The van der Waals surface area contributed by atoms with Crippen molar-refractivity contribution < 1.29 is 14.1 Å². The number of methoxy groups -OCH3 is 1. The van der Waals surface area contributed by atoms with Gasteiger partial charge in [0.15, 0.2) is 0 Å². The number of aryl methyl sites for hydroxylation is 2. The van der Waals surface area contributed by atoms with Crippen molar-refractivity contribution in [3.8, 4) is 17.0 Å². The summed E-state index contributed by atoms with van der Waals surface area (Å²) in [5, 5.41) is 11.9. The van der Waals surface area contributed by atoms with Crippen molar-refractivity contribution >= 4 is 17.0 Å². The first-order valence-electron chi connectivity index (χ1n) is 9.33. The Balaban J connectivity index is 1.60. The fourth-order valence-electron chi connectivity index (χ4n) is 3.19. The molecule has 8 nitrogen and oxygen atoms in total. The molecular formula is C21H21N5O3. The lowest BCUT2D eigenvalue weighted by molar-refractivity contribution is 0.0954. The van der Waals surface area contributed by atoms with Gasteiger partial charge >= 0.3 is 0 Å². The van der Waals surface area contributed by atoms with Crippen molar-refractivity contribution in [1.29, 1.82) is 0 Å². The van der Waals surface area contributed by atoms with Crippen molar-refractivity contribution in [3.05, 3.63) is 60.0 Å². The van der Waals surface area contributed by atoms with E-state index in [1.54, 1.807) is 19.4 Å². The molecule has 0 atom stereocenters. The maximum atomic E-state index is 12.9. The molecule has 0 saturated heterocycles. The van der Waals surface area contributed by atoms with Gasteiger partial charge in [-0.25, -0.2) is 4.98 Å². The summed E-state index contributed by atoms with van der Waals surface area (Å²) in [5.41, 5.74) is 2.87. The van der Waals surface area contributed by atoms with Gasteiger partial charge < -0.3 is 14.6 Å². The maximum absolute atomic E-state index is 12.9. The molecule has 29 heavy (non-hydrogen) atoms. The summed E-state index contributed by atoms with van der Waals surface area (Å²) in [6.07, 6.45) is 4.41. The third-order valence-electron chi connectivity index (χ3n) is 4.57. The van der Waals surface area contributed by atoms with E-state index in [4.69, 9.17) is 9.26 Å². The highest BCUT2D eigenvalue weighted by Crippen LogP contribution is 2.32. The van der Waals surface area contributed by atoms with Crippen LogP contribution in [0.25, 0.3) is 22.4 Å². The topological polar surface area (TPSA) is 95.1 Å². The lowest BCUT2D eigenvalue weighted by Gasteiger charge is -2.08. The number of aromatic nitrogens is 4. The highest BCUT2D eigenvalue weighted by atomic mass is 16.5. The van der Waals surface area contributed by atoms with Gasteiger partial charge in [0.05, 0.1) is 18.1 Å². The Morgan fingerprint density at radius 3 is 2.97 bits per heavy atom. The molecule has 0 aliphatic carbocycles. The molecule has 3 heterocycles. The molecule has 0 aliphatic heterocycles. The molecule has 4 rings (SSSR count). The van der Waals surface area contributed by atoms with Crippen molar-refractivity contribution in [3.63, 3.8) is 0 Å². The number of fused-ring (bicyclic) bond motifs is 1. The third kappa shape index (κ3) is 3.96. The molecule has 1 amide bonds. The molecule has 3 aromatic heterocycles. The van der Waals surface area contributed by atoms with Crippen LogP contribution >= 0.6 is 0 Å². The van der Waals surface area contributed by atoms with Crippen molar-refractivity contribution in [2.24, 2.45) is 0 Å². The molecule has 0 fully saturated rings. The fraction of sp³-hybridized carbons (Fsp3) is 0.238. The van der Waals surface area contributed by atoms with Crippen molar-refractivity contribution in [1.82, 2.24) is 25.2 Å². The number of ether oxygens (including phenoxy) is 1. The Morgan fingerprint density at radius 2 is 2.17 bits per heavy atom. The molecule has 0 saturated carbocycles. The minimum Gasteiger partial charge on any atom is -0.497 e. The smallest absolute Gasteiger partial charge is 0.259 e. The van der Waals surface area contributed by atoms with Gasteiger partial charge in [-0.1, -0.05) is 17.3 Å². The zero-order valence-electron chi connectivity index (χ0n) is 16.3. The monoisotopic (exact) mass is 391 g/mol. The zero-order chi connectivity index (χ0) is 20.2. The predicted molar refractivity (Wildman–Crippen MR) is 108 cm³/mol. The Kier molecular flexibility index (Phi) is 5.24. The number of amides is 1. The number of nitrogens with one attached hydrogen (secondary N) is 1. The minimum atomic E-state index is -0.187. The van der Waals surface area contributed by atoms with Gasteiger partial charge in [0, 0.05) is 36.7 Å². The molecule has 148 valence electrons. The van der Waals surface area contributed by atoms with Crippen LogP contribution < -0.4 is 10.1 Å². The van der Waals surface area contributed by atoms with Gasteiger partial charge in [0.1, 0.15) is 11.4 Å². The van der Waals surface area contributed by atoms with Crippen LogP contribution in [-0.4, -0.2) is 39.5 Å². The van der Waals surface area contributed by atoms with E-state index >= 15 is 0 Å². The maximum Gasteiger partial charge on any atom is 0.259 e. The fourth-order valence-corrected chi connectivity index (χ4v) is 3.19. The van der Waals surface area contributed by atoms with Crippen LogP contribution in [0.4, 0.5) is 0 Å². The molecule has 1 aromatic carbocycles. The van der Waals surface area contributed by atoms with E-state index in [0.29, 0.717) is 40.3 Å². The van der Waals surface area contributed by atoms with Gasteiger partial charge in [0.25, 0.3) is 11.6 Å². The first kappa shape index (κ1) is 18.7. The summed E-state index contributed by atoms with van der Waals surface area (Å²) in [6.45, 7) is 3.09. The summed E-state index contributed by atoms with van der Waals surface area (Å²) >= 11 is 0. The second kappa shape index (κ2) is 8.14. The number of carbonyl (C=O) groups excluding carboxylic acids is 1. The number of nitrogens with zero attached hydrogens (tertiary/aromatic N) is 4. The van der Waals surface area contributed by atoms with E-state index in [-0.39, 0.29) is 5.91 Å². The van der Waals surface area contributed by atoms with E-state index in [1.165, 1.54) is 0 Å². The van der Waals surface area contributed by atoms with Gasteiger partial charge in [-0.05, 0) is 37.6 Å². The number of carbonyl (C=O) groups is 1. The Morgan fingerprint density at radius 1 is 1.28 bits per heavy atom. The molecule has 1 N–H and O–H groups in total. The van der Waals surface area contributed by atoms with Crippen LogP contribution in [0.15, 0.2) is 53.3 Å². The molecule has 0 bridgehead atoms. The molecule has 4 aromatic rings. The van der Waals surface area contributed by atoms with Crippen molar-refractivity contribution in [2.45, 2.75) is 19.9 Å². The number of hydrogen-bond donors (Lipinski definition) is 1. The molecule has 0 aliphatic rings. The van der Waals surface area contributed by atoms with Crippen molar-refractivity contribution in [2.75, 3.05) is 13.7 Å². The molecule has 0 unspecified atom stereocenters. The number of benzene rings is 1. The van der Waals surface area contributed by atoms with Crippen LogP contribution in [0, 0.1) is 6.92 Å². The van der Waals surface area contributed by atoms with Gasteiger partial charge in [-0.15, -0.1) is 0 Å². The highest BCUT2D eigenvalue weighted by Gasteiger charge is 2.21. The summed E-state index contributed by atoms with van der Waals surface area (Å²) in [6, 6.07) is 11.1. The third-order valence-corrected chi connectivity index (χ3v) is 4.57. The van der Waals surface area contributed by atoms with Crippen LogP contribution in [0.3, 0.4) is 0 Å². The lowest BCUT2D eigenvalue weighted by atomic mass is 10.0. The largest absolute Gasteiger partial charge is 0.497 e. The van der Waals surface area contributed by atoms with Crippen LogP contribution in [0.1, 0.15) is 22.5 Å². The van der Waals surface area contributed by atoms with Crippen LogP contribution in [0.5, 0.6) is 5.75 Å². The second-order valence-electron chi connectivity index (χ2n) is 6.63. The second-order valence-corrected chi connectivity index (χ2v) is 6.63. The molecule has 0 radical (unpaired) electrons. The molecule has 0 spiro atoms. The van der Waals surface area contributed by atoms with E-state index in [0.717, 1.165) is 18.5 Å². The average molecular weight is 391 g/mol. The van der Waals surface area contributed by atoms with Crippen LogP contribution in [-0.2, 0) is 6.54 Å². The highest BCUT2D eigenvalue weighted by molar-refractivity contribution is 6.09. The number of rotatable bonds is 7. The summed E-state index contributed by atoms with van der Waals surface area (Å²) in [5.74, 6) is 0.511. The van der Waals surface area contributed by atoms with Gasteiger partial charge in [-0.3, -0.25) is 9.48 Å². The van der Waals surface area contributed by atoms with Crippen LogP contribution in [0.2, 0.25) is 0 Å². The SMILES string of the molecule is COc1cccc(-c2noc3nc(C)cc(C(=O)NCCCn4cccn4)c23)c1. The standard InChI is InChI=1S/C21H21N5O3/c1-14-12-17(20(27)22-8-4-10-26-11-5-9-23-26)18-19(25-29-21(18)24-14)15-6-3-7-16(13-15)28-2/h3,5-7,9,11-13H,4,8,10H2,1-2H3,(H,22,27). The summed E-state index contributed by atoms with van der Waals surface area (Å²) < 4.78 is 12.6. The number of hydrogen-bond acceptors (Lipinski definition) is 6. The van der Waals surface area contributed by atoms with E-state index in [9.17, 15) is 4.79 Å². The van der Waals surface area contributed by atoms with Gasteiger partial charge in [0.2, 0.25) is 0 Å². The average Bonchev–Trinajstić information content (AvgIpc) is 3.40. The first-order valence-corrected chi connectivity index (χ1v) is 9.33. The normalized spacial score (nSPS) is 11.0. The summed E-state index contributed by atoms with van der Waals surface area (Å²) in [4.78, 5) is 17.3. The minimum absolute atomic E-state index is 0.187. The lowest BCUT2D eigenvalue weighted by Crippen LogP contribution is -2.25. The quantitative estimate of drug-likeness (QED) is 0.486. The predicted octanol–water partition coefficient (Wildman–Crippen LogP) is 3.22. The Hall–Kier alpha value is -3.68.